The molecule has 0 heterocycles. The summed E-state index contributed by atoms with van der Waals surface area (Å²) in [4.78, 5) is 0. The average Bonchev–Trinajstić information content (AvgIpc) is 2.23. The third kappa shape index (κ3) is 3.42. The minimum Gasteiger partial charge on any atom is -0.192 e. The van der Waals surface area contributed by atoms with E-state index >= 15 is 0 Å². The molecule has 0 N–H and O–H groups in total. The number of hydrogen-bond donors (Lipinski definition) is 0. The van der Waals surface area contributed by atoms with E-state index in [-0.39, 0.29) is 16.2 Å². The van der Waals surface area contributed by atoms with Gasteiger partial charge in [0.25, 0.3) is 0 Å². The first-order chi connectivity index (χ1) is 8.78. The predicted molar refractivity (Wildman–Crippen MR) is 87.3 cm³/mol. The van der Waals surface area contributed by atoms with Gasteiger partial charge in [-0.05, 0) is 39.0 Å². The Bertz CT molecular complexity index is 537. The fraction of sp³-hybridized carbons (Fsp3) is 0.632. The van der Waals surface area contributed by atoms with Crippen LogP contribution in [-0.4, -0.2) is 0 Å². The third-order valence-corrected chi connectivity index (χ3v) is 3.68. The zero-order valence-corrected chi connectivity index (χ0v) is 14.6. The molecule has 1 heteroatoms. The molecule has 0 aliphatic heterocycles. The average molecular weight is 271 g/mol. The van der Waals surface area contributed by atoms with Crippen LogP contribution < -0.4 is 0 Å². The zero-order chi connectivity index (χ0) is 15.9. The molecule has 0 saturated carbocycles. The molecule has 0 spiro atoms. The normalized spacial score (nSPS) is 13.2. The van der Waals surface area contributed by atoms with Crippen LogP contribution in [0.3, 0.4) is 0 Å². The van der Waals surface area contributed by atoms with Crippen LogP contribution in [0.2, 0.25) is 0 Å². The summed E-state index contributed by atoms with van der Waals surface area (Å²) in [5.74, 6) is 0. The summed E-state index contributed by atoms with van der Waals surface area (Å²) in [6, 6.07) is 6.81. The largest absolute Gasteiger partial charge is 0.192 e. The third-order valence-electron chi connectivity index (χ3n) is 3.68. The molecule has 110 valence electrons. The van der Waals surface area contributed by atoms with Gasteiger partial charge in [0.2, 0.25) is 0 Å². The molecular formula is C19H29N. The maximum atomic E-state index is 9.61. The minimum atomic E-state index is -0.0237. The van der Waals surface area contributed by atoms with Gasteiger partial charge in [-0.3, -0.25) is 0 Å². The highest BCUT2D eigenvalue weighted by Gasteiger charge is 2.30. The van der Waals surface area contributed by atoms with Gasteiger partial charge in [-0.15, -0.1) is 0 Å². The maximum Gasteiger partial charge on any atom is 0.0994 e. The summed E-state index contributed by atoms with van der Waals surface area (Å²) < 4.78 is 0. The number of hydrogen-bond acceptors (Lipinski definition) is 1. The van der Waals surface area contributed by atoms with Crippen molar-refractivity contribution in [1.82, 2.24) is 0 Å². The molecule has 1 aromatic carbocycles. The van der Waals surface area contributed by atoms with Crippen molar-refractivity contribution in [2.45, 2.75) is 78.6 Å². The van der Waals surface area contributed by atoms with E-state index < -0.39 is 0 Å². The van der Waals surface area contributed by atoms with E-state index in [1.165, 1.54) is 16.7 Å². The fourth-order valence-corrected chi connectivity index (χ4v) is 2.56. The first-order valence-corrected chi connectivity index (χ1v) is 7.38. The molecule has 0 amide bonds. The van der Waals surface area contributed by atoms with Crippen molar-refractivity contribution in [2.75, 3.05) is 0 Å². The molecule has 0 atom stereocenters. The lowest BCUT2D eigenvalue weighted by Gasteiger charge is -2.33. The van der Waals surface area contributed by atoms with Gasteiger partial charge in [0.05, 0.1) is 11.6 Å². The second kappa shape index (κ2) is 4.92. The number of nitrogens with zero attached hydrogens (tertiary/aromatic N) is 1. The Balaban J connectivity index is 3.82. The van der Waals surface area contributed by atoms with Crippen LogP contribution in [0.5, 0.6) is 0 Å². The smallest absolute Gasteiger partial charge is 0.0994 e. The Kier molecular flexibility index (Phi) is 4.12. The van der Waals surface area contributed by atoms with Crippen LogP contribution in [0.15, 0.2) is 12.1 Å². The van der Waals surface area contributed by atoms with Crippen LogP contribution in [0.25, 0.3) is 0 Å². The van der Waals surface area contributed by atoms with Gasteiger partial charge in [0.1, 0.15) is 0 Å². The van der Waals surface area contributed by atoms with E-state index in [0.717, 1.165) is 5.56 Å². The van der Waals surface area contributed by atoms with E-state index in [1.807, 2.05) is 0 Å². The molecule has 0 fully saturated rings. The van der Waals surface area contributed by atoms with E-state index in [0.29, 0.717) is 0 Å². The van der Waals surface area contributed by atoms with Crippen molar-refractivity contribution < 1.29 is 0 Å². The molecule has 0 unspecified atom stereocenters. The Morgan fingerprint density at radius 2 is 1.25 bits per heavy atom. The van der Waals surface area contributed by atoms with Crippen molar-refractivity contribution in [1.29, 1.82) is 5.26 Å². The molecule has 0 aliphatic carbocycles. The van der Waals surface area contributed by atoms with Crippen molar-refractivity contribution in [3.63, 3.8) is 0 Å². The summed E-state index contributed by atoms with van der Waals surface area (Å²) >= 11 is 0. The molecule has 0 aromatic heterocycles. The fourth-order valence-electron chi connectivity index (χ4n) is 2.56. The van der Waals surface area contributed by atoms with Gasteiger partial charge in [0.15, 0.2) is 0 Å². The Morgan fingerprint density at radius 1 is 0.750 bits per heavy atom. The second-order valence-electron chi connectivity index (χ2n) is 8.81. The van der Waals surface area contributed by atoms with Gasteiger partial charge in [-0.1, -0.05) is 68.4 Å². The van der Waals surface area contributed by atoms with Crippen LogP contribution in [0.1, 0.15) is 84.6 Å². The summed E-state index contributed by atoms with van der Waals surface area (Å²) in [6.45, 7) is 19.9. The standard InChI is InChI=1S/C19H29N/c1-17(2,3)14-10-13(12-20)16(19(7,8)9)15(11-14)18(4,5)6/h10-11H,1-9H3. The molecule has 0 radical (unpaired) electrons. The van der Waals surface area contributed by atoms with Crippen molar-refractivity contribution in [3.8, 4) is 6.07 Å². The van der Waals surface area contributed by atoms with E-state index in [4.69, 9.17) is 0 Å². The van der Waals surface area contributed by atoms with Crippen LogP contribution >= 0.6 is 0 Å². The first kappa shape index (κ1) is 16.8. The van der Waals surface area contributed by atoms with Crippen LogP contribution in [-0.2, 0) is 16.2 Å². The lowest BCUT2D eigenvalue weighted by atomic mass is 9.71. The van der Waals surface area contributed by atoms with Gasteiger partial charge in [-0.2, -0.15) is 5.26 Å². The van der Waals surface area contributed by atoms with Gasteiger partial charge < -0.3 is 0 Å². The van der Waals surface area contributed by atoms with Crippen LogP contribution in [0.4, 0.5) is 0 Å². The topological polar surface area (TPSA) is 23.8 Å². The molecule has 0 saturated heterocycles. The number of benzene rings is 1. The van der Waals surface area contributed by atoms with Gasteiger partial charge in [0, 0.05) is 0 Å². The van der Waals surface area contributed by atoms with Crippen LogP contribution in [0, 0.1) is 11.3 Å². The Hall–Kier alpha value is -1.29. The van der Waals surface area contributed by atoms with E-state index in [2.05, 4.69) is 80.5 Å². The highest BCUT2D eigenvalue weighted by molar-refractivity contribution is 5.52. The minimum absolute atomic E-state index is 0.0237. The van der Waals surface area contributed by atoms with Gasteiger partial charge in [-0.25, -0.2) is 0 Å². The highest BCUT2D eigenvalue weighted by atomic mass is 14.4. The Morgan fingerprint density at radius 3 is 1.55 bits per heavy atom. The molecule has 1 aromatic rings. The molecular weight excluding hydrogens is 242 g/mol. The van der Waals surface area contributed by atoms with E-state index in [1.54, 1.807) is 0 Å². The van der Waals surface area contributed by atoms with Gasteiger partial charge >= 0.3 is 0 Å². The summed E-state index contributed by atoms with van der Waals surface area (Å²) in [7, 11) is 0. The number of nitriles is 1. The quantitative estimate of drug-likeness (QED) is 0.615. The summed E-state index contributed by atoms with van der Waals surface area (Å²) in [5.41, 5.74) is 4.64. The lowest BCUT2D eigenvalue weighted by Crippen LogP contribution is -2.25. The Labute approximate surface area is 125 Å². The maximum absolute atomic E-state index is 9.61. The summed E-state index contributed by atoms with van der Waals surface area (Å²) in [5, 5.41) is 9.61. The monoisotopic (exact) mass is 271 g/mol. The molecule has 1 nitrogen and oxygen atoms in total. The summed E-state index contributed by atoms with van der Waals surface area (Å²) in [6.07, 6.45) is 0. The van der Waals surface area contributed by atoms with Crippen molar-refractivity contribution >= 4 is 0 Å². The number of rotatable bonds is 0. The molecule has 0 aliphatic rings. The zero-order valence-electron chi connectivity index (χ0n) is 14.6. The first-order valence-electron chi connectivity index (χ1n) is 7.38. The molecule has 20 heavy (non-hydrogen) atoms. The SMILES string of the molecule is CC(C)(C)c1cc(C#N)c(C(C)(C)C)c(C(C)(C)C)c1. The lowest BCUT2D eigenvalue weighted by molar-refractivity contribution is 0.521. The molecule has 1 rings (SSSR count). The predicted octanol–water partition coefficient (Wildman–Crippen LogP) is 5.45. The van der Waals surface area contributed by atoms with Crippen molar-refractivity contribution in [3.05, 3.63) is 34.4 Å². The molecule has 0 bridgehead atoms. The highest BCUT2D eigenvalue weighted by Crippen LogP contribution is 2.39. The van der Waals surface area contributed by atoms with E-state index in [9.17, 15) is 5.26 Å². The van der Waals surface area contributed by atoms with Crippen molar-refractivity contribution in [2.24, 2.45) is 0 Å². The second-order valence-corrected chi connectivity index (χ2v) is 8.81.